The number of nitrogens with zero attached hydrogens (tertiary/aromatic N) is 4. The number of amides is 2. The van der Waals surface area contributed by atoms with Crippen molar-refractivity contribution in [3.05, 3.63) is 42.5 Å². The molecule has 0 fully saturated rings. The Bertz CT molecular complexity index is 1420. The molecule has 2 amide bonds. The topological polar surface area (TPSA) is 195 Å². The van der Waals surface area contributed by atoms with Crippen molar-refractivity contribution < 1.29 is 35.5 Å². The van der Waals surface area contributed by atoms with Crippen LogP contribution in [0.4, 0.5) is 17.1 Å². The predicted octanol–water partition coefficient (Wildman–Crippen LogP) is 2.01. The zero-order valence-corrected chi connectivity index (χ0v) is 18.7. The highest BCUT2D eigenvalue weighted by molar-refractivity contribution is 7.86. The normalized spacial score (nSPS) is 16.8. The van der Waals surface area contributed by atoms with Crippen molar-refractivity contribution in [3.63, 3.8) is 0 Å². The second kappa shape index (κ2) is 8.78. The third-order valence-corrected chi connectivity index (χ3v) is 6.03. The van der Waals surface area contributed by atoms with Crippen LogP contribution in [0.5, 0.6) is 0 Å². The highest BCUT2D eigenvalue weighted by Gasteiger charge is 2.35. The summed E-state index contributed by atoms with van der Waals surface area (Å²) >= 11 is 0. The minimum atomic E-state index is -4.75. The molecular weight excluding hydrogens is 478 g/mol. The third kappa shape index (κ3) is 5.46. The molecule has 2 aromatic carbocycles. The summed E-state index contributed by atoms with van der Waals surface area (Å²) in [5.41, 5.74) is 0.0161. The molecule has 0 saturated carbocycles. The number of carbonyl (C=O) groups excluding carboxylic acids is 2. The number of hydrazone groups is 1. The molecule has 3 N–H and O–H groups in total. The van der Waals surface area contributed by atoms with Gasteiger partial charge in [-0.15, -0.1) is 0 Å². The van der Waals surface area contributed by atoms with E-state index < -0.39 is 47.9 Å². The van der Waals surface area contributed by atoms with E-state index >= 15 is 0 Å². The van der Waals surface area contributed by atoms with Gasteiger partial charge in [-0.05, 0) is 43.3 Å². The van der Waals surface area contributed by atoms with Gasteiger partial charge < -0.3 is 5.32 Å². The van der Waals surface area contributed by atoms with E-state index in [0.717, 1.165) is 23.2 Å². The van der Waals surface area contributed by atoms with Crippen LogP contribution in [0.2, 0.25) is 0 Å². The van der Waals surface area contributed by atoms with Crippen LogP contribution in [0.1, 0.15) is 13.8 Å². The van der Waals surface area contributed by atoms with Gasteiger partial charge in [-0.25, -0.2) is 0 Å². The number of azo groups is 1. The van der Waals surface area contributed by atoms with E-state index in [2.05, 4.69) is 20.6 Å². The molecule has 1 atom stereocenters. The maximum absolute atomic E-state index is 12.8. The molecule has 1 aliphatic heterocycles. The lowest BCUT2D eigenvalue weighted by Gasteiger charge is -2.13. The highest BCUT2D eigenvalue weighted by Crippen LogP contribution is 2.30. The van der Waals surface area contributed by atoms with E-state index in [9.17, 15) is 35.5 Å². The zero-order chi connectivity index (χ0) is 24.6. The monoisotopic (exact) mass is 495 g/mol. The van der Waals surface area contributed by atoms with Gasteiger partial charge in [-0.3, -0.25) is 18.7 Å². The summed E-state index contributed by atoms with van der Waals surface area (Å²) in [5.74, 6) is -1.18. The molecule has 13 nitrogen and oxygen atoms in total. The van der Waals surface area contributed by atoms with E-state index in [1.807, 2.05) is 0 Å². The highest BCUT2D eigenvalue weighted by atomic mass is 32.2. The van der Waals surface area contributed by atoms with Gasteiger partial charge in [0.2, 0.25) is 5.91 Å². The fourth-order valence-corrected chi connectivity index (χ4v) is 4.02. The summed E-state index contributed by atoms with van der Waals surface area (Å²) < 4.78 is 64.9. The Hall–Kier alpha value is -3.53. The average Bonchev–Trinajstić information content (AvgIpc) is 2.99. The average molecular weight is 495 g/mol. The number of rotatable bonds is 6. The summed E-state index contributed by atoms with van der Waals surface area (Å²) in [5, 5.41) is 14.9. The van der Waals surface area contributed by atoms with Crippen molar-refractivity contribution >= 4 is 54.8 Å². The fraction of sp³-hybridized carbons (Fsp3) is 0.167. The number of hydrogen-bond donors (Lipinski definition) is 3. The minimum Gasteiger partial charge on any atom is -0.326 e. The lowest BCUT2D eigenvalue weighted by molar-refractivity contribution is -0.118. The SMILES string of the molecule is CC(=O)Nc1ccc(N=NC2C(=O)N(c3cccc(S(=O)(=O)O)c3)N=C2C)c(S(=O)(=O)O)c1. The first kappa shape index (κ1) is 24.1. The first-order valence-corrected chi connectivity index (χ1v) is 11.9. The van der Waals surface area contributed by atoms with Gasteiger partial charge in [-0.1, -0.05) is 6.07 Å². The van der Waals surface area contributed by atoms with Gasteiger partial charge in [0.25, 0.3) is 26.1 Å². The van der Waals surface area contributed by atoms with E-state index in [1.165, 1.54) is 38.1 Å². The summed E-state index contributed by atoms with van der Waals surface area (Å²) in [6, 6.07) is 7.10. The minimum absolute atomic E-state index is 0.0467. The number of hydrogen-bond acceptors (Lipinski definition) is 9. The van der Waals surface area contributed by atoms with E-state index in [-0.39, 0.29) is 22.8 Å². The number of nitrogens with one attached hydrogen (secondary N) is 1. The van der Waals surface area contributed by atoms with Gasteiger partial charge >= 0.3 is 0 Å². The number of anilines is 2. The van der Waals surface area contributed by atoms with Gasteiger partial charge in [0.1, 0.15) is 10.6 Å². The van der Waals surface area contributed by atoms with E-state index in [1.54, 1.807) is 0 Å². The summed E-state index contributed by atoms with van der Waals surface area (Å²) in [6.45, 7) is 2.67. The van der Waals surface area contributed by atoms with Crippen LogP contribution in [0.3, 0.4) is 0 Å². The molecule has 174 valence electrons. The van der Waals surface area contributed by atoms with Crippen molar-refractivity contribution in [2.45, 2.75) is 29.7 Å². The molecule has 0 spiro atoms. The van der Waals surface area contributed by atoms with Crippen molar-refractivity contribution in [1.29, 1.82) is 0 Å². The Morgan fingerprint density at radius 3 is 2.39 bits per heavy atom. The van der Waals surface area contributed by atoms with Crippen molar-refractivity contribution in [2.24, 2.45) is 15.3 Å². The zero-order valence-electron chi connectivity index (χ0n) is 17.1. The van der Waals surface area contributed by atoms with Crippen LogP contribution in [0.25, 0.3) is 0 Å². The maximum atomic E-state index is 12.8. The molecule has 0 saturated heterocycles. The van der Waals surface area contributed by atoms with Crippen LogP contribution in [-0.4, -0.2) is 49.5 Å². The van der Waals surface area contributed by atoms with Gasteiger partial charge in [-0.2, -0.15) is 37.2 Å². The second-order valence-corrected chi connectivity index (χ2v) is 9.63. The number of carbonyl (C=O) groups is 2. The molecule has 0 aromatic heterocycles. The first-order chi connectivity index (χ1) is 15.3. The molecule has 1 aliphatic rings. The molecule has 2 aromatic rings. The first-order valence-electron chi connectivity index (χ1n) is 9.04. The molecule has 33 heavy (non-hydrogen) atoms. The molecular formula is C18H17N5O8S2. The molecule has 0 aliphatic carbocycles. The smallest absolute Gasteiger partial charge is 0.296 e. The van der Waals surface area contributed by atoms with E-state index in [0.29, 0.717) is 0 Å². The Kier molecular flexibility index (Phi) is 6.42. The lowest BCUT2D eigenvalue weighted by atomic mass is 10.2. The summed E-state index contributed by atoms with van der Waals surface area (Å²) in [7, 11) is -9.26. The molecule has 3 rings (SSSR count). The molecule has 0 bridgehead atoms. The Morgan fingerprint density at radius 2 is 1.79 bits per heavy atom. The van der Waals surface area contributed by atoms with Crippen LogP contribution >= 0.6 is 0 Å². The molecule has 1 unspecified atom stereocenters. The van der Waals surface area contributed by atoms with Crippen LogP contribution < -0.4 is 10.3 Å². The standard InChI is InChI=1S/C18H17N5O8S2/c1-10-17(18(25)23(22-10)13-4-3-5-14(9-13)32(26,27)28)21-20-15-7-6-12(19-11(2)24)8-16(15)33(29,30)31/h3-9,17H,1-2H3,(H,19,24)(H,26,27,28)(H,29,30,31). The predicted molar refractivity (Wildman–Crippen MR) is 116 cm³/mol. The fourth-order valence-electron chi connectivity index (χ4n) is 2.85. The Balaban J connectivity index is 1.92. The quantitative estimate of drug-likeness (QED) is 0.399. The third-order valence-electron chi connectivity index (χ3n) is 4.30. The molecule has 15 heteroatoms. The van der Waals surface area contributed by atoms with Crippen molar-refractivity contribution in [2.75, 3.05) is 10.3 Å². The van der Waals surface area contributed by atoms with Crippen LogP contribution in [-0.2, 0) is 29.8 Å². The van der Waals surface area contributed by atoms with Gasteiger partial charge in [0.15, 0.2) is 6.04 Å². The largest absolute Gasteiger partial charge is 0.326 e. The van der Waals surface area contributed by atoms with Crippen molar-refractivity contribution in [1.82, 2.24) is 0 Å². The van der Waals surface area contributed by atoms with Crippen LogP contribution in [0, 0.1) is 0 Å². The van der Waals surface area contributed by atoms with E-state index in [4.69, 9.17) is 0 Å². The van der Waals surface area contributed by atoms with Crippen LogP contribution in [0.15, 0.2) is 67.6 Å². The lowest BCUT2D eigenvalue weighted by Crippen LogP contribution is -2.29. The van der Waals surface area contributed by atoms with Crippen molar-refractivity contribution in [3.8, 4) is 0 Å². The Morgan fingerprint density at radius 1 is 1.09 bits per heavy atom. The maximum Gasteiger partial charge on any atom is 0.296 e. The molecule has 0 radical (unpaired) electrons. The molecule has 1 heterocycles. The number of benzene rings is 2. The second-order valence-electron chi connectivity index (χ2n) is 6.82. The van der Waals surface area contributed by atoms with Gasteiger partial charge in [0.05, 0.1) is 16.3 Å². The summed E-state index contributed by atoms with van der Waals surface area (Å²) in [6.07, 6.45) is 0. The Labute approximate surface area is 188 Å². The summed E-state index contributed by atoms with van der Waals surface area (Å²) in [4.78, 5) is 22.9. The van der Waals surface area contributed by atoms with Gasteiger partial charge in [0, 0.05) is 12.6 Å².